The summed E-state index contributed by atoms with van der Waals surface area (Å²) < 4.78 is 29.5. The molecule has 0 aliphatic carbocycles. The van der Waals surface area contributed by atoms with Crippen LogP contribution in [0.5, 0.6) is 11.5 Å². The van der Waals surface area contributed by atoms with Gasteiger partial charge in [-0.2, -0.15) is 0 Å². The van der Waals surface area contributed by atoms with Gasteiger partial charge in [0.25, 0.3) is 5.78 Å². The molecule has 0 radical (unpaired) electrons. The molecule has 1 saturated heterocycles. The van der Waals surface area contributed by atoms with Crippen molar-refractivity contribution in [3.05, 3.63) is 76.8 Å². The molecule has 1 fully saturated rings. The Morgan fingerprint density at radius 1 is 1.15 bits per heavy atom. The molecule has 33 heavy (non-hydrogen) atoms. The predicted octanol–water partition coefficient (Wildman–Crippen LogP) is 4.16. The largest absolute Gasteiger partial charge is 0.507 e. The molecule has 2 aromatic carbocycles. The molecule has 170 valence electrons. The number of rotatable bonds is 6. The van der Waals surface area contributed by atoms with Crippen molar-refractivity contribution < 1.29 is 33.1 Å². The maximum Gasteiger partial charge on any atom is 0.301 e. The summed E-state index contributed by atoms with van der Waals surface area (Å²) in [5, 5.41) is 14.9. The van der Waals surface area contributed by atoms with E-state index in [0.717, 1.165) is 17.0 Å². The summed E-state index contributed by atoms with van der Waals surface area (Å²) >= 11 is 0. The number of halogens is 1. The predicted molar refractivity (Wildman–Crippen MR) is 117 cm³/mol. The van der Waals surface area contributed by atoms with E-state index in [2.05, 4.69) is 5.16 Å². The Balaban J connectivity index is 1.93. The van der Waals surface area contributed by atoms with Crippen LogP contribution in [-0.2, 0) is 9.59 Å². The second-order valence-electron chi connectivity index (χ2n) is 7.32. The van der Waals surface area contributed by atoms with Crippen LogP contribution in [-0.4, -0.2) is 35.7 Å². The minimum Gasteiger partial charge on any atom is -0.507 e. The van der Waals surface area contributed by atoms with Crippen LogP contribution in [0, 0.1) is 12.7 Å². The van der Waals surface area contributed by atoms with Crippen LogP contribution in [0.4, 0.5) is 10.2 Å². The minimum absolute atomic E-state index is 0.116. The third kappa shape index (κ3) is 3.93. The zero-order valence-electron chi connectivity index (χ0n) is 18.2. The van der Waals surface area contributed by atoms with Crippen LogP contribution in [0.25, 0.3) is 5.76 Å². The molecule has 0 spiro atoms. The molecule has 2 heterocycles. The van der Waals surface area contributed by atoms with Crippen LogP contribution in [0.1, 0.15) is 29.9 Å². The van der Waals surface area contributed by atoms with Gasteiger partial charge in [-0.15, -0.1) is 0 Å². The number of aryl methyl sites for hydroxylation is 1. The third-order valence-electron chi connectivity index (χ3n) is 5.23. The Kier molecular flexibility index (Phi) is 5.87. The Labute approximate surface area is 188 Å². The van der Waals surface area contributed by atoms with E-state index in [-0.39, 0.29) is 17.0 Å². The van der Waals surface area contributed by atoms with Gasteiger partial charge in [0.15, 0.2) is 17.3 Å². The van der Waals surface area contributed by atoms with Crippen molar-refractivity contribution >= 4 is 23.3 Å². The standard InChI is InChI=1S/C24H21FN2O6/c1-4-32-17-10-7-15(12-18(17)31-3)21-20(22(28)14-5-8-16(25)9-6-14)23(29)24(30)27(21)19-11-13(2)33-26-19/h5-12,21,28H,4H2,1-3H3/t21-/m0/s1. The van der Waals surface area contributed by atoms with E-state index < -0.39 is 29.3 Å². The lowest BCUT2D eigenvalue weighted by Crippen LogP contribution is -2.29. The Morgan fingerprint density at radius 3 is 2.48 bits per heavy atom. The van der Waals surface area contributed by atoms with Crippen LogP contribution in [0.15, 0.2) is 58.6 Å². The molecule has 9 heteroatoms. The van der Waals surface area contributed by atoms with Crippen LogP contribution >= 0.6 is 0 Å². The fraction of sp³-hybridized carbons (Fsp3) is 0.208. The number of aliphatic hydroxyl groups is 1. The van der Waals surface area contributed by atoms with Crippen molar-refractivity contribution in [3.63, 3.8) is 0 Å². The first kappa shape index (κ1) is 22.1. The van der Waals surface area contributed by atoms with E-state index in [9.17, 15) is 19.1 Å². The number of carbonyl (C=O) groups is 2. The molecule has 8 nitrogen and oxygen atoms in total. The molecule has 1 aliphatic heterocycles. The summed E-state index contributed by atoms with van der Waals surface area (Å²) in [5.41, 5.74) is 0.492. The first-order valence-electron chi connectivity index (χ1n) is 10.2. The van der Waals surface area contributed by atoms with Crippen molar-refractivity contribution in [1.82, 2.24) is 5.16 Å². The highest BCUT2D eigenvalue weighted by molar-refractivity contribution is 6.51. The van der Waals surface area contributed by atoms with Gasteiger partial charge < -0.3 is 19.1 Å². The molecular formula is C24H21FN2O6. The lowest BCUT2D eigenvalue weighted by molar-refractivity contribution is -0.132. The SMILES string of the molecule is CCOc1ccc([C@H]2C(=C(O)c3ccc(F)cc3)C(=O)C(=O)N2c2cc(C)on2)cc1OC. The van der Waals surface area contributed by atoms with Gasteiger partial charge in [0.2, 0.25) is 0 Å². The topological polar surface area (TPSA) is 102 Å². The van der Waals surface area contributed by atoms with E-state index in [4.69, 9.17) is 14.0 Å². The molecule has 1 amide bonds. The number of hydrogen-bond acceptors (Lipinski definition) is 7. The normalized spacial score (nSPS) is 17.5. The highest BCUT2D eigenvalue weighted by Gasteiger charge is 2.48. The van der Waals surface area contributed by atoms with E-state index >= 15 is 0 Å². The number of nitrogens with zero attached hydrogens (tertiary/aromatic N) is 2. The molecule has 0 saturated carbocycles. The number of methoxy groups -OCH3 is 1. The Morgan fingerprint density at radius 2 is 1.88 bits per heavy atom. The molecule has 1 aromatic heterocycles. The lowest BCUT2D eigenvalue weighted by atomic mass is 9.95. The Hall–Kier alpha value is -4.14. The summed E-state index contributed by atoms with van der Waals surface area (Å²) in [7, 11) is 1.47. The smallest absolute Gasteiger partial charge is 0.301 e. The quantitative estimate of drug-likeness (QED) is 0.340. The Bertz CT molecular complexity index is 1250. The van der Waals surface area contributed by atoms with E-state index in [0.29, 0.717) is 29.4 Å². The molecule has 0 bridgehead atoms. The van der Waals surface area contributed by atoms with Crippen LogP contribution < -0.4 is 14.4 Å². The number of amides is 1. The number of benzene rings is 2. The van der Waals surface area contributed by atoms with Gasteiger partial charge in [0.05, 0.1) is 25.3 Å². The molecule has 3 aromatic rings. The average molecular weight is 452 g/mol. The van der Waals surface area contributed by atoms with Gasteiger partial charge >= 0.3 is 5.91 Å². The zero-order chi connectivity index (χ0) is 23.7. The lowest BCUT2D eigenvalue weighted by Gasteiger charge is -2.23. The molecule has 1 atom stereocenters. The molecule has 1 N–H and O–H groups in total. The van der Waals surface area contributed by atoms with Gasteiger partial charge in [-0.3, -0.25) is 14.5 Å². The highest BCUT2D eigenvalue weighted by Crippen LogP contribution is 2.43. The number of aromatic nitrogens is 1. The van der Waals surface area contributed by atoms with Crippen LogP contribution in [0.3, 0.4) is 0 Å². The summed E-state index contributed by atoms with van der Waals surface area (Å²) in [4.78, 5) is 27.3. The maximum atomic E-state index is 13.4. The number of ether oxygens (including phenoxy) is 2. The molecule has 0 unspecified atom stereocenters. The third-order valence-corrected chi connectivity index (χ3v) is 5.23. The number of ketones is 1. The van der Waals surface area contributed by atoms with Crippen molar-refractivity contribution in [2.24, 2.45) is 0 Å². The fourth-order valence-corrected chi connectivity index (χ4v) is 3.74. The van der Waals surface area contributed by atoms with Crippen LogP contribution in [0.2, 0.25) is 0 Å². The van der Waals surface area contributed by atoms with Crippen molar-refractivity contribution in [2.45, 2.75) is 19.9 Å². The molecule has 4 rings (SSSR count). The monoisotopic (exact) mass is 452 g/mol. The summed E-state index contributed by atoms with van der Waals surface area (Å²) in [6.45, 7) is 3.90. The number of hydrogen-bond donors (Lipinski definition) is 1. The first-order valence-corrected chi connectivity index (χ1v) is 10.2. The van der Waals surface area contributed by atoms with Crippen molar-refractivity contribution in [1.29, 1.82) is 0 Å². The summed E-state index contributed by atoms with van der Waals surface area (Å²) in [5.74, 6) is -1.31. The second-order valence-corrected chi connectivity index (χ2v) is 7.32. The maximum absolute atomic E-state index is 13.4. The van der Waals surface area contributed by atoms with Crippen molar-refractivity contribution in [2.75, 3.05) is 18.6 Å². The second kappa shape index (κ2) is 8.78. The first-order chi connectivity index (χ1) is 15.8. The van der Waals surface area contributed by atoms with E-state index in [1.807, 2.05) is 6.92 Å². The summed E-state index contributed by atoms with van der Waals surface area (Å²) in [6, 6.07) is 10.4. The number of Topliss-reactive ketones (excluding diaryl/α,β-unsaturated/α-hetero) is 1. The number of aliphatic hydroxyl groups excluding tert-OH is 1. The van der Waals surface area contributed by atoms with Gasteiger partial charge in [0.1, 0.15) is 17.3 Å². The molecular weight excluding hydrogens is 431 g/mol. The zero-order valence-corrected chi connectivity index (χ0v) is 18.2. The van der Waals surface area contributed by atoms with Gasteiger partial charge in [-0.1, -0.05) is 11.2 Å². The van der Waals surface area contributed by atoms with Gasteiger partial charge in [0, 0.05) is 11.6 Å². The molecule has 1 aliphatic rings. The highest BCUT2D eigenvalue weighted by atomic mass is 19.1. The number of carbonyl (C=O) groups excluding carboxylic acids is 2. The average Bonchev–Trinajstić information content (AvgIpc) is 3.35. The van der Waals surface area contributed by atoms with E-state index in [1.165, 1.54) is 25.3 Å². The minimum atomic E-state index is -1.04. The van der Waals surface area contributed by atoms with E-state index in [1.54, 1.807) is 25.1 Å². The fourth-order valence-electron chi connectivity index (χ4n) is 3.74. The van der Waals surface area contributed by atoms with Gasteiger partial charge in [-0.25, -0.2) is 4.39 Å². The van der Waals surface area contributed by atoms with Gasteiger partial charge in [-0.05, 0) is 55.8 Å². The number of anilines is 1. The van der Waals surface area contributed by atoms with Crippen molar-refractivity contribution in [3.8, 4) is 11.5 Å². The summed E-state index contributed by atoms with van der Waals surface area (Å²) in [6.07, 6.45) is 0.